The molecule has 1 aromatic carbocycles. The summed E-state index contributed by atoms with van der Waals surface area (Å²) in [5, 5.41) is 0. The quantitative estimate of drug-likeness (QED) is 0.744. The predicted molar refractivity (Wildman–Crippen MR) is 84.5 cm³/mol. The zero-order chi connectivity index (χ0) is 15.1. The fourth-order valence-corrected chi connectivity index (χ4v) is 2.67. The van der Waals surface area contributed by atoms with Crippen molar-refractivity contribution in [2.75, 3.05) is 0 Å². The van der Waals surface area contributed by atoms with Crippen LogP contribution in [0.3, 0.4) is 0 Å². The number of fused-ring (bicyclic) bond motifs is 1. The topological polar surface area (TPSA) is 83.5 Å². The van der Waals surface area contributed by atoms with Crippen molar-refractivity contribution in [2.45, 2.75) is 20.4 Å². The Morgan fingerprint density at radius 3 is 2.76 bits per heavy atom. The Morgan fingerprint density at radius 1 is 1.29 bits per heavy atom. The summed E-state index contributed by atoms with van der Waals surface area (Å²) in [6.07, 6.45) is 0. The number of rotatable bonds is 2. The van der Waals surface area contributed by atoms with E-state index in [0.29, 0.717) is 23.5 Å². The first kappa shape index (κ1) is 13.8. The van der Waals surface area contributed by atoms with Crippen LogP contribution in [0.5, 0.6) is 0 Å². The molecule has 0 saturated heterocycles. The minimum atomic E-state index is -0.453. The maximum atomic E-state index is 11.9. The van der Waals surface area contributed by atoms with E-state index in [4.69, 9.17) is 0 Å². The van der Waals surface area contributed by atoms with E-state index in [9.17, 15) is 9.59 Å². The second-order valence-corrected chi connectivity index (χ2v) is 5.66. The maximum absolute atomic E-state index is 11.9. The van der Waals surface area contributed by atoms with Crippen molar-refractivity contribution in [3.8, 4) is 11.4 Å². The normalized spacial score (nSPS) is 11.2. The van der Waals surface area contributed by atoms with Crippen LogP contribution in [0.1, 0.15) is 12.5 Å². The Balaban J connectivity index is 2.36. The molecule has 0 amide bonds. The molecule has 108 valence electrons. The highest BCUT2D eigenvalue weighted by atomic mass is 79.9. The van der Waals surface area contributed by atoms with Gasteiger partial charge in [0.25, 0.3) is 5.56 Å². The average molecular weight is 349 g/mol. The zero-order valence-corrected chi connectivity index (χ0v) is 13.1. The molecule has 2 heterocycles. The van der Waals surface area contributed by atoms with Gasteiger partial charge in [-0.05, 0) is 31.5 Å². The molecule has 0 radical (unpaired) electrons. The van der Waals surface area contributed by atoms with Crippen LogP contribution in [-0.2, 0) is 6.54 Å². The van der Waals surface area contributed by atoms with Crippen LogP contribution in [0.25, 0.3) is 22.6 Å². The molecular weight excluding hydrogens is 336 g/mol. The molecule has 21 heavy (non-hydrogen) atoms. The van der Waals surface area contributed by atoms with Crippen LogP contribution in [0, 0.1) is 6.92 Å². The molecular formula is C14H13BrN4O2. The van der Waals surface area contributed by atoms with Gasteiger partial charge in [0.15, 0.2) is 5.65 Å². The molecule has 0 aliphatic carbocycles. The first-order valence-corrected chi connectivity index (χ1v) is 7.30. The predicted octanol–water partition coefficient (Wildman–Crippen LogP) is 2.17. The van der Waals surface area contributed by atoms with Gasteiger partial charge >= 0.3 is 5.69 Å². The Kier molecular flexibility index (Phi) is 3.29. The zero-order valence-electron chi connectivity index (χ0n) is 11.5. The maximum Gasteiger partial charge on any atom is 0.330 e. The lowest BCUT2D eigenvalue weighted by atomic mass is 10.1. The molecule has 6 nitrogen and oxygen atoms in total. The van der Waals surface area contributed by atoms with Gasteiger partial charge in [-0.3, -0.25) is 14.3 Å². The minimum absolute atomic E-state index is 0.311. The Bertz CT molecular complexity index is 952. The van der Waals surface area contributed by atoms with E-state index in [1.54, 1.807) is 0 Å². The van der Waals surface area contributed by atoms with Gasteiger partial charge in [-0.15, -0.1) is 0 Å². The summed E-state index contributed by atoms with van der Waals surface area (Å²) in [4.78, 5) is 33.5. The van der Waals surface area contributed by atoms with Gasteiger partial charge in [0.2, 0.25) is 0 Å². The van der Waals surface area contributed by atoms with Crippen LogP contribution in [0.4, 0.5) is 0 Å². The third kappa shape index (κ3) is 2.23. The van der Waals surface area contributed by atoms with Crippen LogP contribution in [0.2, 0.25) is 0 Å². The molecule has 0 aliphatic rings. The monoisotopic (exact) mass is 348 g/mol. The van der Waals surface area contributed by atoms with E-state index in [2.05, 4.69) is 30.9 Å². The Hall–Kier alpha value is -2.15. The van der Waals surface area contributed by atoms with E-state index < -0.39 is 11.2 Å². The van der Waals surface area contributed by atoms with Crippen LogP contribution in [-0.4, -0.2) is 19.5 Å². The van der Waals surface area contributed by atoms with Gasteiger partial charge < -0.3 is 4.98 Å². The van der Waals surface area contributed by atoms with Crippen molar-refractivity contribution in [2.24, 2.45) is 0 Å². The molecule has 3 rings (SSSR count). The molecule has 0 unspecified atom stereocenters. The number of aromatic nitrogens is 4. The summed E-state index contributed by atoms with van der Waals surface area (Å²) in [6.45, 7) is 4.23. The number of aryl methyl sites for hydroxylation is 2. The largest absolute Gasteiger partial charge is 0.332 e. The van der Waals surface area contributed by atoms with E-state index in [-0.39, 0.29) is 0 Å². The fraction of sp³-hybridized carbons (Fsp3) is 0.214. The summed E-state index contributed by atoms with van der Waals surface area (Å²) >= 11 is 3.43. The number of hydrogen-bond donors (Lipinski definition) is 2. The summed E-state index contributed by atoms with van der Waals surface area (Å²) in [7, 11) is 0. The number of nitrogens with zero attached hydrogens (tertiary/aromatic N) is 2. The fourth-order valence-electron chi connectivity index (χ4n) is 2.31. The van der Waals surface area contributed by atoms with E-state index >= 15 is 0 Å². The summed E-state index contributed by atoms with van der Waals surface area (Å²) in [5.41, 5.74) is 1.70. The smallest absolute Gasteiger partial charge is 0.330 e. The molecule has 0 saturated carbocycles. The van der Waals surface area contributed by atoms with Crippen molar-refractivity contribution in [3.63, 3.8) is 0 Å². The SMILES string of the molecule is CCn1c(=O)[nH]c(=O)c2[nH]c(-c3cc(Br)ccc3C)nc21. The van der Waals surface area contributed by atoms with Gasteiger partial charge in [0, 0.05) is 16.6 Å². The molecule has 0 aliphatic heterocycles. The van der Waals surface area contributed by atoms with Crippen molar-refractivity contribution >= 4 is 27.1 Å². The Morgan fingerprint density at radius 2 is 2.05 bits per heavy atom. The molecule has 7 heteroatoms. The average Bonchev–Trinajstić information content (AvgIpc) is 2.87. The molecule has 3 aromatic rings. The summed E-state index contributed by atoms with van der Waals surface area (Å²) in [6, 6.07) is 5.83. The molecule has 0 fully saturated rings. The van der Waals surface area contributed by atoms with Crippen molar-refractivity contribution in [1.29, 1.82) is 0 Å². The minimum Gasteiger partial charge on any atom is -0.332 e. The van der Waals surface area contributed by atoms with Gasteiger partial charge in [-0.1, -0.05) is 22.0 Å². The second kappa shape index (κ2) is 5.00. The van der Waals surface area contributed by atoms with Gasteiger partial charge in [-0.25, -0.2) is 9.78 Å². The summed E-state index contributed by atoms with van der Waals surface area (Å²) in [5.74, 6) is 0.571. The van der Waals surface area contributed by atoms with Gasteiger partial charge in [-0.2, -0.15) is 0 Å². The molecule has 0 spiro atoms. The lowest BCUT2D eigenvalue weighted by molar-refractivity contribution is 0.720. The van der Waals surface area contributed by atoms with Crippen molar-refractivity contribution in [3.05, 3.63) is 49.1 Å². The van der Waals surface area contributed by atoms with Crippen LogP contribution in [0.15, 0.2) is 32.3 Å². The number of aromatic amines is 2. The number of benzene rings is 1. The second-order valence-electron chi connectivity index (χ2n) is 4.75. The first-order valence-electron chi connectivity index (χ1n) is 6.50. The molecule has 2 aromatic heterocycles. The highest BCUT2D eigenvalue weighted by Crippen LogP contribution is 2.25. The number of hydrogen-bond acceptors (Lipinski definition) is 3. The third-order valence-electron chi connectivity index (χ3n) is 3.40. The van der Waals surface area contributed by atoms with Gasteiger partial charge in [0.1, 0.15) is 11.3 Å². The number of imidazole rings is 1. The highest BCUT2D eigenvalue weighted by Gasteiger charge is 2.14. The highest BCUT2D eigenvalue weighted by molar-refractivity contribution is 9.10. The van der Waals surface area contributed by atoms with Crippen molar-refractivity contribution in [1.82, 2.24) is 19.5 Å². The standard InChI is InChI=1S/C14H13BrN4O2/c1-3-19-12-10(13(20)18-14(19)21)16-11(17-12)9-6-8(15)5-4-7(9)2/h4-6H,3H2,1-2H3,(H,16,17)(H,18,20,21). The molecule has 0 atom stereocenters. The lowest BCUT2D eigenvalue weighted by Gasteiger charge is -2.02. The van der Waals surface area contributed by atoms with Crippen LogP contribution < -0.4 is 11.2 Å². The third-order valence-corrected chi connectivity index (χ3v) is 3.90. The number of halogens is 1. The first-order chi connectivity index (χ1) is 10.0. The van der Waals surface area contributed by atoms with E-state index in [0.717, 1.165) is 15.6 Å². The number of H-pyrrole nitrogens is 2. The number of nitrogens with one attached hydrogen (secondary N) is 2. The summed E-state index contributed by atoms with van der Waals surface area (Å²) < 4.78 is 2.36. The van der Waals surface area contributed by atoms with E-state index in [1.165, 1.54) is 4.57 Å². The molecule has 0 bridgehead atoms. The Labute approximate surface area is 128 Å². The molecule has 2 N–H and O–H groups in total. The lowest BCUT2D eigenvalue weighted by Crippen LogP contribution is -2.29. The van der Waals surface area contributed by atoms with Crippen LogP contribution >= 0.6 is 15.9 Å². The van der Waals surface area contributed by atoms with E-state index in [1.807, 2.05) is 32.0 Å². The van der Waals surface area contributed by atoms with Gasteiger partial charge in [0.05, 0.1) is 0 Å². The van der Waals surface area contributed by atoms with Crippen molar-refractivity contribution < 1.29 is 0 Å².